The molecule has 1 aromatic carbocycles. The lowest BCUT2D eigenvalue weighted by Crippen LogP contribution is -2.22. The number of carbonyl (C=O) groups is 1. The first-order valence-corrected chi connectivity index (χ1v) is 7.29. The Labute approximate surface area is 120 Å². The van der Waals surface area contributed by atoms with Crippen molar-refractivity contribution >= 4 is 22.2 Å². The summed E-state index contributed by atoms with van der Waals surface area (Å²) in [5, 5.41) is 0. The van der Waals surface area contributed by atoms with Crippen LogP contribution in [0.1, 0.15) is 29.6 Å². The van der Waals surface area contributed by atoms with Gasteiger partial charge in [-0.05, 0) is 44.5 Å². The lowest BCUT2D eigenvalue weighted by molar-refractivity contribution is 0.111. The van der Waals surface area contributed by atoms with Gasteiger partial charge < -0.3 is 9.64 Å². The molecule has 3 nitrogen and oxygen atoms in total. The summed E-state index contributed by atoms with van der Waals surface area (Å²) in [6.45, 7) is 3.80. The van der Waals surface area contributed by atoms with Crippen LogP contribution < -0.4 is 4.74 Å². The highest BCUT2D eigenvalue weighted by molar-refractivity contribution is 9.10. The van der Waals surface area contributed by atoms with Crippen molar-refractivity contribution < 1.29 is 13.9 Å². The molecule has 0 bridgehead atoms. The third kappa shape index (κ3) is 4.01. The van der Waals surface area contributed by atoms with Gasteiger partial charge >= 0.3 is 0 Å². The second-order valence-electron chi connectivity index (χ2n) is 4.67. The molecule has 1 fully saturated rings. The zero-order valence-corrected chi connectivity index (χ0v) is 12.3. The molecule has 0 amide bonds. The fraction of sp³-hybridized carbons (Fsp3) is 0.500. The largest absolute Gasteiger partial charge is 0.493 e. The molecule has 0 spiro atoms. The molecule has 0 radical (unpaired) electrons. The maximum Gasteiger partial charge on any atom is 0.156 e. The molecule has 1 heterocycles. The summed E-state index contributed by atoms with van der Waals surface area (Å²) in [7, 11) is 0. The number of likely N-dealkylation sites (tertiary alicyclic amines) is 1. The van der Waals surface area contributed by atoms with Gasteiger partial charge in [0.15, 0.2) is 6.29 Å². The van der Waals surface area contributed by atoms with Crippen LogP contribution in [0.25, 0.3) is 0 Å². The first kappa shape index (κ1) is 14.5. The molecule has 1 aliphatic rings. The lowest BCUT2D eigenvalue weighted by atomic mass is 10.2. The molecule has 0 saturated carbocycles. The van der Waals surface area contributed by atoms with Crippen LogP contribution in [0.3, 0.4) is 0 Å². The summed E-state index contributed by atoms with van der Waals surface area (Å²) in [6, 6.07) is 2.89. The quantitative estimate of drug-likeness (QED) is 0.592. The highest BCUT2D eigenvalue weighted by Crippen LogP contribution is 2.25. The van der Waals surface area contributed by atoms with E-state index in [2.05, 4.69) is 20.8 Å². The van der Waals surface area contributed by atoms with Gasteiger partial charge in [-0.25, -0.2) is 4.39 Å². The minimum Gasteiger partial charge on any atom is -0.493 e. The van der Waals surface area contributed by atoms with E-state index >= 15 is 0 Å². The Balaban J connectivity index is 1.86. The average molecular weight is 330 g/mol. The van der Waals surface area contributed by atoms with E-state index < -0.39 is 5.82 Å². The molecule has 0 atom stereocenters. The minimum atomic E-state index is -0.557. The summed E-state index contributed by atoms with van der Waals surface area (Å²) in [4.78, 5) is 13.3. The van der Waals surface area contributed by atoms with E-state index in [1.165, 1.54) is 18.9 Å². The molecule has 2 rings (SSSR count). The van der Waals surface area contributed by atoms with Crippen LogP contribution in [-0.2, 0) is 0 Å². The number of benzene rings is 1. The summed E-state index contributed by atoms with van der Waals surface area (Å²) in [5.41, 5.74) is -0.00984. The van der Waals surface area contributed by atoms with Crippen LogP contribution in [0.5, 0.6) is 5.75 Å². The first-order valence-electron chi connectivity index (χ1n) is 6.50. The number of hydrogen-bond donors (Lipinski definition) is 0. The van der Waals surface area contributed by atoms with E-state index in [9.17, 15) is 9.18 Å². The zero-order chi connectivity index (χ0) is 13.7. The van der Waals surface area contributed by atoms with Crippen LogP contribution >= 0.6 is 15.9 Å². The third-order valence-electron chi connectivity index (χ3n) is 3.25. The Morgan fingerprint density at radius 3 is 2.79 bits per heavy atom. The van der Waals surface area contributed by atoms with E-state index in [4.69, 9.17) is 4.74 Å². The molecular formula is C14H17BrFNO2. The van der Waals surface area contributed by atoms with Gasteiger partial charge in [0.2, 0.25) is 0 Å². The standard InChI is InChI=1S/C14H17BrFNO2/c15-11-8-13(16)12(10-18)14(9-11)19-7-3-6-17-4-1-2-5-17/h8-10H,1-7H2. The lowest BCUT2D eigenvalue weighted by Gasteiger charge is -2.15. The van der Waals surface area contributed by atoms with Crippen LogP contribution in [0.15, 0.2) is 16.6 Å². The van der Waals surface area contributed by atoms with Gasteiger partial charge in [0, 0.05) is 11.0 Å². The molecule has 19 heavy (non-hydrogen) atoms. The monoisotopic (exact) mass is 329 g/mol. The minimum absolute atomic E-state index is 0.00984. The molecule has 5 heteroatoms. The molecule has 104 valence electrons. The Morgan fingerprint density at radius 2 is 2.11 bits per heavy atom. The van der Waals surface area contributed by atoms with Crippen molar-refractivity contribution in [3.8, 4) is 5.75 Å². The van der Waals surface area contributed by atoms with Crippen molar-refractivity contribution in [1.82, 2.24) is 4.90 Å². The number of nitrogens with zero attached hydrogens (tertiary/aromatic N) is 1. The number of aldehydes is 1. The molecule has 0 aliphatic carbocycles. The van der Waals surface area contributed by atoms with Crippen LogP contribution in [0, 0.1) is 5.82 Å². The topological polar surface area (TPSA) is 29.5 Å². The maximum absolute atomic E-state index is 13.5. The normalized spacial score (nSPS) is 15.7. The van der Waals surface area contributed by atoms with Gasteiger partial charge in [0.05, 0.1) is 12.2 Å². The van der Waals surface area contributed by atoms with E-state index in [1.807, 2.05) is 0 Å². The van der Waals surface area contributed by atoms with Gasteiger partial charge in [-0.15, -0.1) is 0 Å². The fourth-order valence-corrected chi connectivity index (χ4v) is 2.68. The van der Waals surface area contributed by atoms with Gasteiger partial charge in [-0.2, -0.15) is 0 Å². The highest BCUT2D eigenvalue weighted by Gasteiger charge is 2.12. The van der Waals surface area contributed by atoms with Crippen molar-refractivity contribution in [1.29, 1.82) is 0 Å². The first-order chi connectivity index (χ1) is 9.20. The van der Waals surface area contributed by atoms with Crippen LogP contribution in [-0.4, -0.2) is 37.4 Å². The van der Waals surface area contributed by atoms with Crippen molar-refractivity contribution in [3.05, 3.63) is 28.0 Å². The summed E-state index contributed by atoms with van der Waals surface area (Å²) >= 11 is 3.20. The Morgan fingerprint density at radius 1 is 1.37 bits per heavy atom. The summed E-state index contributed by atoms with van der Waals surface area (Å²) < 4.78 is 19.6. The number of hydrogen-bond acceptors (Lipinski definition) is 3. The van der Waals surface area contributed by atoms with Gasteiger partial charge in [-0.1, -0.05) is 15.9 Å². The molecule has 1 saturated heterocycles. The van der Waals surface area contributed by atoms with Crippen molar-refractivity contribution in [2.24, 2.45) is 0 Å². The molecule has 0 unspecified atom stereocenters. The van der Waals surface area contributed by atoms with E-state index in [0.29, 0.717) is 23.1 Å². The second-order valence-corrected chi connectivity index (χ2v) is 5.58. The Bertz CT molecular complexity index is 447. The molecular weight excluding hydrogens is 313 g/mol. The average Bonchev–Trinajstić information content (AvgIpc) is 2.87. The van der Waals surface area contributed by atoms with Crippen LogP contribution in [0.2, 0.25) is 0 Å². The number of carbonyl (C=O) groups excluding carboxylic acids is 1. The van der Waals surface area contributed by atoms with Crippen molar-refractivity contribution in [2.75, 3.05) is 26.2 Å². The van der Waals surface area contributed by atoms with Gasteiger partial charge in [0.1, 0.15) is 11.6 Å². The van der Waals surface area contributed by atoms with E-state index in [0.717, 1.165) is 26.1 Å². The number of halogens is 2. The Kier molecular flexibility index (Phi) is 5.34. The molecule has 0 N–H and O–H groups in total. The maximum atomic E-state index is 13.5. The fourth-order valence-electron chi connectivity index (χ4n) is 2.27. The van der Waals surface area contributed by atoms with Gasteiger partial charge in [-0.3, -0.25) is 4.79 Å². The molecule has 1 aromatic rings. The second kappa shape index (κ2) is 7.01. The number of ether oxygens (including phenoxy) is 1. The van der Waals surface area contributed by atoms with Crippen molar-refractivity contribution in [2.45, 2.75) is 19.3 Å². The van der Waals surface area contributed by atoms with Crippen LogP contribution in [0.4, 0.5) is 4.39 Å². The molecule has 0 aromatic heterocycles. The SMILES string of the molecule is O=Cc1c(F)cc(Br)cc1OCCCN1CCCC1. The Hall–Kier alpha value is -0.940. The summed E-state index contributed by atoms with van der Waals surface area (Å²) in [5.74, 6) is -0.248. The predicted molar refractivity (Wildman–Crippen MR) is 75.3 cm³/mol. The van der Waals surface area contributed by atoms with E-state index in [1.54, 1.807) is 6.07 Å². The summed E-state index contributed by atoms with van der Waals surface area (Å²) in [6.07, 6.45) is 3.92. The van der Waals surface area contributed by atoms with Gasteiger partial charge in [0.25, 0.3) is 0 Å². The third-order valence-corrected chi connectivity index (χ3v) is 3.71. The number of rotatable bonds is 6. The van der Waals surface area contributed by atoms with E-state index in [-0.39, 0.29) is 5.56 Å². The zero-order valence-electron chi connectivity index (χ0n) is 10.7. The predicted octanol–water partition coefficient (Wildman–Crippen LogP) is 3.27. The molecule has 1 aliphatic heterocycles. The van der Waals surface area contributed by atoms with Crippen molar-refractivity contribution in [3.63, 3.8) is 0 Å². The highest BCUT2D eigenvalue weighted by atomic mass is 79.9. The smallest absolute Gasteiger partial charge is 0.156 e.